The Morgan fingerprint density at radius 1 is 0.879 bits per heavy atom. The molecule has 0 saturated carbocycles. The van der Waals surface area contributed by atoms with E-state index in [2.05, 4.69) is 30.8 Å². The molecule has 1 unspecified atom stereocenters. The number of anilines is 3. The number of hydrogen-bond acceptors (Lipinski definition) is 7. The van der Waals surface area contributed by atoms with Gasteiger partial charge in [0.05, 0.1) is 26.0 Å². The summed E-state index contributed by atoms with van der Waals surface area (Å²) >= 11 is 0. The standard InChI is InChI=1S/C23H22F2N6O2/c1-13(16-6-5-15(24)9-17(16)25)28-21-11-22(27-12-26-21)29-23-10-18(30-31-23)14-4-7-19(32-2)20(8-14)33-3/h4-13H,1-3H3,(H3,26,27,28,29,30,31). The van der Waals surface area contributed by atoms with Crippen molar-refractivity contribution < 1.29 is 18.3 Å². The van der Waals surface area contributed by atoms with E-state index in [4.69, 9.17) is 9.47 Å². The number of aromatic amines is 1. The van der Waals surface area contributed by atoms with Crippen molar-refractivity contribution >= 4 is 17.5 Å². The number of methoxy groups -OCH3 is 2. The predicted molar refractivity (Wildman–Crippen MR) is 121 cm³/mol. The minimum Gasteiger partial charge on any atom is -0.493 e. The quantitative estimate of drug-likeness (QED) is 0.343. The number of H-pyrrole nitrogens is 1. The highest BCUT2D eigenvalue weighted by atomic mass is 19.1. The molecular formula is C23H22F2N6O2. The number of ether oxygens (including phenoxy) is 2. The van der Waals surface area contributed by atoms with Crippen molar-refractivity contribution in [2.24, 2.45) is 0 Å². The Labute approximate surface area is 189 Å². The number of hydrogen-bond donors (Lipinski definition) is 3. The summed E-state index contributed by atoms with van der Waals surface area (Å²) in [5, 5.41) is 13.4. The van der Waals surface area contributed by atoms with Crippen LogP contribution < -0.4 is 20.1 Å². The number of aromatic nitrogens is 4. The van der Waals surface area contributed by atoms with Gasteiger partial charge in [-0.05, 0) is 31.2 Å². The third-order valence-electron chi connectivity index (χ3n) is 4.99. The van der Waals surface area contributed by atoms with Gasteiger partial charge in [0.25, 0.3) is 0 Å². The highest BCUT2D eigenvalue weighted by Crippen LogP contribution is 2.32. The predicted octanol–water partition coefficient (Wildman–Crippen LogP) is 5.08. The lowest BCUT2D eigenvalue weighted by Crippen LogP contribution is -2.10. The molecule has 0 fully saturated rings. The first kappa shape index (κ1) is 22.0. The Hall–Kier alpha value is -4.21. The van der Waals surface area contributed by atoms with Crippen molar-refractivity contribution in [2.45, 2.75) is 13.0 Å². The molecule has 0 radical (unpaired) electrons. The minimum atomic E-state index is -0.624. The molecule has 2 aromatic carbocycles. The molecule has 10 heteroatoms. The normalized spacial score (nSPS) is 11.7. The SMILES string of the molecule is COc1ccc(-c2cc(Nc3cc(NC(C)c4ccc(F)cc4F)ncn3)n[nH]2)cc1OC. The summed E-state index contributed by atoms with van der Waals surface area (Å²) in [6, 6.07) is 12.1. The zero-order chi connectivity index (χ0) is 23.4. The van der Waals surface area contributed by atoms with Gasteiger partial charge >= 0.3 is 0 Å². The van der Waals surface area contributed by atoms with Crippen molar-refractivity contribution in [3.63, 3.8) is 0 Å². The second-order valence-corrected chi connectivity index (χ2v) is 7.18. The van der Waals surface area contributed by atoms with Crippen LogP contribution >= 0.6 is 0 Å². The molecule has 0 amide bonds. The summed E-state index contributed by atoms with van der Waals surface area (Å²) in [5.41, 5.74) is 1.97. The summed E-state index contributed by atoms with van der Waals surface area (Å²) in [5.74, 6) is 1.50. The fourth-order valence-electron chi connectivity index (χ4n) is 3.33. The molecule has 8 nitrogen and oxygen atoms in total. The van der Waals surface area contributed by atoms with Gasteiger partial charge < -0.3 is 20.1 Å². The number of nitrogens with zero attached hydrogens (tertiary/aromatic N) is 3. The second-order valence-electron chi connectivity index (χ2n) is 7.18. The average Bonchev–Trinajstić information content (AvgIpc) is 3.27. The van der Waals surface area contributed by atoms with Gasteiger partial charge in [-0.25, -0.2) is 18.7 Å². The monoisotopic (exact) mass is 452 g/mol. The van der Waals surface area contributed by atoms with E-state index in [0.717, 1.165) is 17.3 Å². The zero-order valence-corrected chi connectivity index (χ0v) is 18.2. The van der Waals surface area contributed by atoms with Crippen molar-refractivity contribution in [1.82, 2.24) is 20.2 Å². The van der Waals surface area contributed by atoms with Crippen LogP contribution in [0.4, 0.5) is 26.2 Å². The molecule has 170 valence electrons. The van der Waals surface area contributed by atoms with Crippen molar-refractivity contribution in [3.05, 3.63) is 72.1 Å². The maximum Gasteiger partial charge on any atom is 0.161 e. The molecule has 33 heavy (non-hydrogen) atoms. The van der Waals surface area contributed by atoms with Crippen LogP contribution in [0.15, 0.2) is 54.9 Å². The van der Waals surface area contributed by atoms with Crippen LogP contribution in [0.3, 0.4) is 0 Å². The molecule has 0 bridgehead atoms. The van der Waals surface area contributed by atoms with Gasteiger partial charge in [-0.3, -0.25) is 5.10 Å². The number of rotatable bonds is 8. The molecule has 4 rings (SSSR count). The lowest BCUT2D eigenvalue weighted by Gasteiger charge is -2.16. The summed E-state index contributed by atoms with van der Waals surface area (Å²) < 4.78 is 37.8. The topological polar surface area (TPSA) is 97.0 Å². The Bertz CT molecular complexity index is 1260. The third-order valence-corrected chi connectivity index (χ3v) is 4.99. The van der Waals surface area contributed by atoms with E-state index in [1.165, 1.54) is 18.5 Å². The summed E-state index contributed by atoms with van der Waals surface area (Å²) in [6.07, 6.45) is 1.38. The molecule has 0 saturated heterocycles. The van der Waals surface area contributed by atoms with Gasteiger partial charge in [-0.1, -0.05) is 6.07 Å². The Morgan fingerprint density at radius 2 is 1.67 bits per heavy atom. The Balaban J connectivity index is 1.47. The maximum atomic E-state index is 14.1. The number of nitrogens with one attached hydrogen (secondary N) is 3. The first-order valence-corrected chi connectivity index (χ1v) is 10.0. The van der Waals surface area contributed by atoms with Crippen LogP contribution in [0.2, 0.25) is 0 Å². The maximum absolute atomic E-state index is 14.1. The van der Waals surface area contributed by atoms with Gasteiger partial charge in [0, 0.05) is 29.3 Å². The smallest absolute Gasteiger partial charge is 0.161 e. The van der Waals surface area contributed by atoms with E-state index in [0.29, 0.717) is 34.5 Å². The highest BCUT2D eigenvalue weighted by molar-refractivity contribution is 5.68. The van der Waals surface area contributed by atoms with Crippen LogP contribution in [0, 0.1) is 11.6 Å². The van der Waals surface area contributed by atoms with Crippen LogP contribution in [-0.4, -0.2) is 34.4 Å². The summed E-state index contributed by atoms with van der Waals surface area (Å²) in [7, 11) is 3.16. The average molecular weight is 452 g/mol. The number of halogens is 2. The first-order chi connectivity index (χ1) is 16.0. The minimum absolute atomic E-state index is 0.330. The molecule has 1 atom stereocenters. The number of benzene rings is 2. The van der Waals surface area contributed by atoms with Crippen molar-refractivity contribution in [2.75, 3.05) is 24.9 Å². The summed E-state index contributed by atoms with van der Waals surface area (Å²) in [4.78, 5) is 8.37. The van der Waals surface area contributed by atoms with Gasteiger partial charge in [0.15, 0.2) is 17.3 Å². The molecule has 0 aliphatic rings. The third kappa shape index (κ3) is 5.00. The van der Waals surface area contributed by atoms with Gasteiger partial charge in [0.1, 0.15) is 29.6 Å². The van der Waals surface area contributed by atoms with Crippen molar-refractivity contribution in [3.8, 4) is 22.8 Å². The van der Waals surface area contributed by atoms with Crippen LogP contribution in [0.1, 0.15) is 18.5 Å². The van der Waals surface area contributed by atoms with Crippen LogP contribution in [-0.2, 0) is 0 Å². The molecule has 0 spiro atoms. The summed E-state index contributed by atoms with van der Waals surface area (Å²) in [6.45, 7) is 1.76. The van der Waals surface area contributed by atoms with E-state index in [9.17, 15) is 8.78 Å². The molecule has 4 aromatic rings. The zero-order valence-electron chi connectivity index (χ0n) is 18.2. The van der Waals surface area contributed by atoms with E-state index in [1.807, 2.05) is 24.3 Å². The van der Waals surface area contributed by atoms with Gasteiger partial charge in [-0.2, -0.15) is 5.10 Å². The molecule has 2 aromatic heterocycles. The highest BCUT2D eigenvalue weighted by Gasteiger charge is 2.13. The van der Waals surface area contributed by atoms with Crippen LogP contribution in [0.25, 0.3) is 11.3 Å². The first-order valence-electron chi connectivity index (χ1n) is 10.0. The molecule has 0 aliphatic heterocycles. The molecule has 0 aliphatic carbocycles. The van der Waals surface area contributed by atoms with E-state index < -0.39 is 17.7 Å². The lowest BCUT2D eigenvalue weighted by molar-refractivity contribution is 0.355. The van der Waals surface area contributed by atoms with Crippen LogP contribution in [0.5, 0.6) is 11.5 Å². The second kappa shape index (κ2) is 9.51. The van der Waals surface area contributed by atoms with Gasteiger partial charge in [-0.15, -0.1) is 0 Å². The lowest BCUT2D eigenvalue weighted by atomic mass is 10.1. The Kier molecular flexibility index (Phi) is 6.34. The van der Waals surface area contributed by atoms with Crippen molar-refractivity contribution in [1.29, 1.82) is 0 Å². The largest absolute Gasteiger partial charge is 0.493 e. The van der Waals surface area contributed by atoms with E-state index >= 15 is 0 Å². The molecule has 3 N–H and O–H groups in total. The fraction of sp³-hybridized carbons (Fsp3) is 0.174. The van der Waals surface area contributed by atoms with E-state index in [-0.39, 0.29) is 0 Å². The molecule has 2 heterocycles. The fourth-order valence-corrected chi connectivity index (χ4v) is 3.33. The van der Waals surface area contributed by atoms with Gasteiger partial charge in [0.2, 0.25) is 0 Å². The Morgan fingerprint density at radius 3 is 2.42 bits per heavy atom. The van der Waals surface area contributed by atoms with E-state index in [1.54, 1.807) is 27.2 Å². The molecular weight excluding hydrogens is 430 g/mol.